The molecule has 1 amide bonds. The van der Waals surface area contributed by atoms with Gasteiger partial charge in [-0.1, -0.05) is 6.07 Å². The molecule has 2 heterocycles. The second-order valence-electron chi connectivity index (χ2n) is 6.88. The van der Waals surface area contributed by atoms with Crippen LogP contribution in [0.15, 0.2) is 18.2 Å². The zero-order valence-electron chi connectivity index (χ0n) is 14.5. The minimum atomic E-state index is 0.0617. The molecule has 1 aromatic rings. The van der Waals surface area contributed by atoms with Crippen molar-refractivity contribution in [2.45, 2.75) is 32.6 Å². The van der Waals surface area contributed by atoms with Gasteiger partial charge in [0.2, 0.25) is 5.91 Å². The normalized spacial score (nSPS) is 22.1. The quantitative estimate of drug-likeness (QED) is 0.870. The molecule has 1 aromatic carbocycles. The van der Waals surface area contributed by atoms with Gasteiger partial charge in [-0.15, -0.1) is 0 Å². The van der Waals surface area contributed by atoms with Crippen molar-refractivity contribution < 1.29 is 14.3 Å². The Bertz CT molecular complexity index is 550. The van der Waals surface area contributed by atoms with Gasteiger partial charge < -0.3 is 20.1 Å². The molecule has 24 heavy (non-hydrogen) atoms. The van der Waals surface area contributed by atoms with E-state index in [0.29, 0.717) is 12.5 Å². The van der Waals surface area contributed by atoms with Crippen LogP contribution in [0.1, 0.15) is 31.2 Å². The van der Waals surface area contributed by atoms with Crippen molar-refractivity contribution in [1.82, 2.24) is 5.32 Å². The van der Waals surface area contributed by atoms with Crippen LogP contribution in [-0.4, -0.2) is 38.8 Å². The first-order valence-corrected chi connectivity index (χ1v) is 9.05. The smallest absolute Gasteiger partial charge is 0.228 e. The summed E-state index contributed by atoms with van der Waals surface area (Å²) < 4.78 is 11.4. The summed E-state index contributed by atoms with van der Waals surface area (Å²) in [6.45, 7) is 6.20. The molecule has 5 heteroatoms. The van der Waals surface area contributed by atoms with Gasteiger partial charge in [-0.05, 0) is 56.7 Å². The number of anilines is 1. The van der Waals surface area contributed by atoms with Crippen LogP contribution in [0.25, 0.3) is 0 Å². The second-order valence-corrected chi connectivity index (χ2v) is 6.88. The lowest BCUT2D eigenvalue weighted by Crippen LogP contribution is -2.37. The highest BCUT2D eigenvalue weighted by molar-refractivity contribution is 5.93. The third-order valence-electron chi connectivity index (χ3n) is 4.94. The number of amides is 1. The van der Waals surface area contributed by atoms with Gasteiger partial charge >= 0.3 is 0 Å². The van der Waals surface area contributed by atoms with E-state index in [9.17, 15) is 4.79 Å². The maximum Gasteiger partial charge on any atom is 0.228 e. The van der Waals surface area contributed by atoms with Crippen LogP contribution in [0.4, 0.5) is 5.69 Å². The Labute approximate surface area is 144 Å². The summed E-state index contributed by atoms with van der Waals surface area (Å²) in [5.74, 6) is 1.58. The first kappa shape index (κ1) is 17.2. The number of carbonyl (C=O) groups is 1. The minimum Gasteiger partial charge on any atom is -0.493 e. The molecule has 0 radical (unpaired) electrons. The third-order valence-corrected chi connectivity index (χ3v) is 4.94. The van der Waals surface area contributed by atoms with Crippen LogP contribution in [0.5, 0.6) is 5.75 Å². The number of piperidine rings is 1. The molecule has 1 unspecified atom stereocenters. The van der Waals surface area contributed by atoms with E-state index in [1.54, 1.807) is 0 Å². The Morgan fingerprint density at radius 3 is 2.92 bits per heavy atom. The minimum absolute atomic E-state index is 0.0617. The van der Waals surface area contributed by atoms with Crippen LogP contribution in [0.2, 0.25) is 0 Å². The monoisotopic (exact) mass is 332 g/mol. The first-order chi connectivity index (χ1) is 11.7. The van der Waals surface area contributed by atoms with Crippen LogP contribution in [0, 0.1) is 18.8 Å². The number of benzene rings is 1. The van der Waals surface area contributed by atoms with Gasteiger partial charge in [0, 0.05) is 31.5 Å². The van der Waals surface area contributed by atoms with Gasteiger partial charge in [0.25, 0.3) is 0 Å². The lowest BCUT2D eigenvalue weighted by atomic mass is 9.99. The number of hydrogen-bond donors (Lipinski definition) is 2. The van der Waals surface area contributed by atoms with Gasteiger partial charge in [0.05, 0.1) is 12.5 Å². The van der Waals surface area contributed by atoms with Crippen LogP contribution < -0.4 is 15.4 Å². The average Bonchev–Trinajstić information content (AvgIpc) is 2.63. The molecule has 3 rings (SSSR count). The number of nitrogens with one attached hydrogen (secondary N) is 2. The molecule has 1 atom stereocenters. The number of rotatable bonds is 5. The van der Waals surface area contributed by atoms with Crippen LogP contribution in [0.3, 0.4) is 0 Å². The summed E-state index contributed by atoms with van der Waals surface area (Å²) in [5.41, 5.74) is 1.91. The maximum atomic E-state index is 12.4. The molecule has 2 saturated heterocycles. The summed E-state index contributed by atoms with van der Waals surface area (Å²) >= 11 is 0. The fraction of sp³-hybridized carbons (Fsp3) is 0.632. The summed E-state index contributed by atoms with van der Waals surface area (Å²) in [4.78, 5) is 12.4. The van der Waals surface area contributed by atoms with Crippen molar-refractivity contribution in [3.05, 3.63) is 23.8 Å². The molecule has 5 nitrogen and oxygen atoms in total. The predicted octanol–water partition coefficient (Wildman–Crippen LogP) is 2.74. The van der Waals surface area contributed by atoms with E-state index in [0.717, 1.165) is 69.0 Å². The molecule has 0 aromatic heterocycles. The Kier molecular flexibility index (Phi) is 6.10. The van der Waals surface area contributed by atoms with E-state index in [4.69, 9.17) is 9.47 Å². The molecule has 2 aliphatic rings. The fourth-order valence-electron chi connectivity index (χ4n) is 3.27. The van der Waals surface area contributed by atoms with Gasteiger partial charge in [-0.3, -0.25) is 4.79 Å². The summed E-state index contributed by atoms with van der Waals surface area (Å²) in [5, 5.41) is 6.32. The van der Waals surface area contributed by atoms with Gasteiger partial charge in [-0.25, -0.2) is 0 Å². The van der Waals surface area contributed by atoms with Crippen molar-refractivity contribution in [2.24, 2.45) is 11.8 Å². The Hall–Kier alpha value is -1.59. The van der Waals surface area contributed by atoms with E-state index in [1.165, 1.54) is 0 Å². The highest BCUT2D eigenvalue weighted by atomic mass is 16.5. The first-order valence-electron chi connectivity index (χ1n) is 9.05. The zero-order chi connectivity index (χ0) is 16.8. The standard InChI is InChI=1S/C19H28N2O3/c1-14-4-5-17(21-19(22)16-3-2-8-20-12-16)11-18(14)24-13-15-6-9-23-10-7-15/h4-5,11,15-16,20H,2-3,6-10,12-13H2,1H3,(H,21,22). The van der Waals surface area contributed by atoms with Crippen molar-refractivity contribution in [3.63, 3.8) is 0 Å². The number of carbonyl (C=O) groups excluding carboxylic acids is 1. The Balaban J connectivity index is 1.57. The van der Waals surface area contributed by atoms with Crippen molar-refractivity contribution in [3.8, 4) is 5.75 Å². The van der Waals surface area contributed by atoms with Crippen molar-refractivity contribution >= 4 is 11.6 Å². The van der Waals surface area contributed by atoms with Gasteiger partial charge in [-0.2, -0.15) is 0 Å². The third kappa shape index (κ3) is 4.71. The average molecular weight is 332 g/mol. The van der Waals surface area contributed by atoms with Crippen molar-refractivity contribution in [1.29, 1.82) is 0 Å². The molecule has 0 spiro atoms. The zero-order valence-corrected chi connectivity index (χ0v) is 14.5. The largest absolute Gasteiger partial charge is 0.493 e. The van der Waals surface area contributed by atoms with E-state index in [2.05, 4.69) is 10.6 Å². The lowest BCUT2D eigenvalue weighted by Gasteiger charge is -2.23. The summed E-state index contributed by atoms with van der Waals surface area (Å²) in [6.07, 6.45) is 4.14. The van der Waals surface area contributed by atoms with Gasteiger partial charge in [0.15, 0.2) is 0 Å². The van der Waals surface area contributed by atoms with Crippen LogP contribution >= 0.6 is 0 Å². The van der Waals surface area contributed by atoms with E-state index in [1.807, 2.05) is 25.1 Å². The molecular weight excluding hydrogens is 304 g/mol. The highest BCUT2D eigenvalue weighted by Crippen LogP contribution is 2.25. The van der Waals surface area contributed by atoms with Crippen molar-refractivity contribution in [2.75, 3.05) is 38.2 Å². The van der Waals surface area contributed by atoms with E-state index < -0.39 is 0 Å². The Morgan fingerprint density at radius 2 is 2.17 bits per heavy atom. The molecular formula is C19H28N2O3. The van der Waals surface area contributed by atoms with E-state index >= 15 is 0 Å². The maximum absolute atomic E-state index is 12.4. The highest BCUT2D eigenvalue weighted by Gasteiger charge is 2.21. The molecule has 2 aliphatic heterocycles. The molecule has 0 saturated carbocycles. The fourth-order valence-corrected chi connectivity index (χ4v) is 3.27. The van der Waals surface area contributed by atoms with E-state index in [-0.39, 0.29) is 11.8 Å². The SMILES string of the molecule is Cc1ccc(NC(=O)C2CCCNC2)cc1OCC1CCOCC1. The molecule has 2 N–H and O–H groups in total. The number of hydrogen-bond acceptors (Lipinski definition) is 4. The Morgan fingerprint density at radius 1 is 1.33 bits per heavy atom. The lowest BCUT2D eigenvalue weighted by molar-refractivity contribution is -0.120. The topological polar surface area (TPSA) is 59.6 Å². The second kappa shape index (κ2) is 8.49. The predicted molar refractivity (Wildman–Crippen MR) is 94.4 cm³/mol. The van der Waals surface area contributed by atoms with Gasteiger partial charge in [0.1, 0.15) is 5.75 Å². The summed E-state index contributed by atoms with van der Waals surface area (Å²) in [7, 11) is 0. The molecule has 132 valence electrons. The summed E-state index contributed by atoms with van der Waals surface area (Å²) in [6, 6.07) is 5.90. The molecule has 2 fully saturated rings. The van der Waals surface area contributed by atoms with Crippen LogP contribution in [-0.2, 0) is 9.53 Å². The molecule has 0 aliphatic carbocycles. The number of aryl methyl sites for hydroxylation is 1. The number of ether oxygens (including phenoxy) is 2. The molecule has 0 bridgehead atoms.